The number of nitrogens with one attached hydrogen (secondary N) is 1. The van der Waals surface area contributed by atoms with Crippen molar-refractivity contribution in [2.45, 2.75) is 71.5 Å². The smallest absolute Gasteiger partial charge is 0.245 e. The van der Waals surface area contributed by atoms with Gasteiger partial charge in [-0.25, -0.2) is 24.9 Å². The molecule has 1 saturated carbocycles. The molecule has 4 heterocycles. The van der Waals surface area contributed by atoms with Crippen molar-refractivity contribution in [2.24, 2.45) is 5.92 Å². The van der Waals surface area contributed by atoms with Crippen LogP contribution in [0.5, 0.6) is 0 Å². The van der Waals surface area contributed by atoms with Crippen LogP contribution in [0.3, 0.4) is 0 Å². The molecule has 9 heteroatoms. The Morgan fingerprint density at radius 3 is 2.62 bits per heavy atom. The number of rotatable bonds is 7. The zero-order chi connectivity index (χ0) is 22.2. The van der Waals surface area contributed by atoms with Crippen LogP contribution >= 0.6 is 0 Å². The van der Waals surface area contributed by atoms with Crippen molar-refractivity contribution in [1.82, 2.24) is 34.4 Å². The highest BCUT2D eigenvalue weighted by atomic mass is 16.2. The van der Waals surface area contributed by atoms with E-state index in [9.17, 15) is 4.79 Å². The number of hydrogen-bond donors (Lipinski definition) is 1. The molecule has 168 valence electrons. The fraction of sp³-hybridized carbons (Fsp3) is 0.565. The van der Waals surface area contributed by atoms with E-state index in [2.05, 4.69) is 37.1 Å². The van der Waals surface area contributed by atoms with Gasteiger partial charge < -0.3 is 14.8 Å². The normalized spacial score (nSPS) is 19.5. The van der Waals surface area contributed by atoms with E-state index >= 15 is 0 Å². The lowest BCUT2D eigenvalue weighted by atomic mass is 10.1. The largest absolute Gasteiger partial charge is 0.356 e. The van der Waals surface area contributed by atoms with Crippen molar-refractivity contribution in [2.75, 3.05) is 11.9 Å². The first kappa shape index (κ1) is 20.8. The van der Waals surface area contributed by atoms with Crippen LogP contribution in [0.25, 0.3) is 22.6 Å². The van der Waals surface area contributed by atoms with E-state index in [1.54, 1.807) is 12.4 Å². The van der Waals surface area contributed by atoms with E-state index in [1.165, 1.54) is 19.2 Å². The molecule has 3 aromatic heterocycles. The van der Waals surface area contributed by atoms with Crippen LogP contribution in [-0.4, -0.2) is 58.9 Å². The number of aromatic nitrogens is 6. The number of imidazole rings is 1. The first-order valence-corrected chi connectivity index (χ1v) is 11.7. The van der Waals surface area contributed by atoms with Crippen molar-refractivity contribution in [3.63, 3.8) is 0 Å². The molecule has 0 bridgehead atoms. The summed E-state index contributed by atoms with van der Waals surface area (Å²) in [7, 11) is 0. The molecule has 5 rings (SSSR count). The summed E-state index contributed by atoms with van der Waals surface area (Å²) < 4.78 is 2.03. The molecule has 0 unspecified atom stereocenters. The number of nitrogens with zero attached hydrogens (tertiary/aromatic N) is 7. The molecule has 0 radical (unpaired) electrons. The number of carbonyl (C=O) groups excluding carboxylic acids is 1. The molecule has 2 atom stereocenters. The third-order valence-electron chi connectivity index (χ3n) is 6.65. The van der Waals surface area contributed by atoms with E-state index in [4.69, 9.17) is 4.98 Å². The second-order valence-corrected chi connectivity index (χ2v) is 8.78. The van der Waals surface area contributed by atoms with Gasteiger partial charge in [-0.05, 0) is 51.9 Å². The van der Waals surface area contributed by atoms with E-state index < -0.39 is 0 Å². The summed E-state index contributed by atoms with van der Waals surface area (Å²) in [6, 6.07) is 0.0848. The molecule has 32 heavy (non-hydrogen) atoms. The number of fused-ring (bicyclic) bond motifs is 1. The van der Waals surface area contributed by atoms with Crippen molar-refractivity contribution >= 4 is 22.9 Å². The maximum absolute atomic E-state index is 13.4. The Morgan fingerprint density at radius 2 is 1.94 bits per heavy atom. The highest BCUT2D eigenvalue weighted by molar-refractivity contribution is 5.90. The lowest BCUT2D eigenvalue weighted by Gasteiger charge is -2.29. The Hall–Kier alpha value is -3.10. The Labute approximate surface area is 187 Å². The van der Waals surface area contributed by atoms with Crippen LogP contribution in [0, 0.1) is 12.8 Å². The molecule has 0 spiro atoms. The van der Waals surface area contributed by atoms with Gasteiger partial charge in [-0.1, -0.05) is 6.92 Å². The number of hydrogen-bond acceptors (Lipinski definition) is 7. The summed E-state index contributed by atoms with van der Waals surface area (Å²) in [5.74, 6) is 2.93. The quantitative estimate of drug-likeness (QED) is 0.609. The van der Waals surface area contributed by atoms with Crippen LogP contribution < -0.4 is 5.32 Å². The van der Waals surface area contributed by atoms with Crippen LogP contribution in [0.15, 0.2) is 18.7 Å². The van der Waals surface area contributed by atoms with E-state index in [0.29, 0.717) is 42.1 Å². The summed E-state index contributed by atoms with van der Waals surface area (Å²) in [5, 5.41) is 3.40. The Bertz CT molecular complexity index is 1120. The molecule has 2 aliphatic rings. The van der Waals surface area contributed by atoms with E-state index in [-0.39, 0.29) is 11.9 Å². The third kappa shape index (κ3) is 3.69. The van der Waals surface area contributed by atoms with E-state index in [1.807, 2.05) is 18.4 Å². The second-order valence-electron chi connectivity index (χ2n) is 8.78. The predicted octanol–water partition coefficient (Wildman–Crippen LogP) is 3.20. The fourth-order valence-corrected chi connectivity index (χ4v) is 4.81. The monoisotopic (exact) mass is 434 g/mol. The summed E-state index contributed by atoms with van der Waals surface area (Å²) in [6.45, 7) is 7.51. The summed E-state index contributed by atoms with van der Waals surface area (Å²) >= 11 is 0. The number of amides is 1. The molecule has 1 N–H and O–H groups in total. The third-order valence-corrected chi connectivity index (χ3v) is 6.65. The zero-order valence-corrected chi connectivity index (χ0v) is 19.0. The van der Waals surface area contributed by atoms with Gasteiger partial charge in [-0.15, -0.1) is 0 Å². The molecule has 2 fully saturated rings. The number of aryl methyl sites for hydroxylation is 2. The summed E-state index contributed by atoms with van der Waals surface area (Å²) in [6.07, 6.45) is 10.5. The maximum Gasteiger partial charge on any atom is 0.245 e. The molecule has 1 amide bonds. The molecule has 3 aromatic rings. The Morgan fingerprint density at radius 1 is 1.16 bits per heavy atom. The highest BCUT2D eigenvalue weighted by Gasteiger charge is 2.41. The first-order chi connectivity index (χ1) is 15.6. The Balaban J connectivity index is 1.47. The van der Waals surface area contributed by atoms with Gasteiger partial charge in [0.25, 0.3) is 0 Å². The average molecular weight is 435 g/mol. The minimum atomic E-state index is -0.328. The average Bonchev–Trinajstić information content (AvgIpc) is 3.40. The minimum Gasteiger partial charge on any atom is -0.356 e. The number of likely N-dealkylation sites (tertiary alicyclic amines) is 1. The standard InChI is InChI=1S/C23H30N8O/c1-4-17(23(32)31-10-6-7-18(31)15-8-9-15)28-20-19-22(27-13-26-20)30(5-2)21(29-19)16-11-24-14(3)25-12-16/h11-13,15,17-18H,4-10H2,1-3H3,(H,26,27,28)/t17-,18-/m0/s1. The number of anilines is 1. The zero-order valence-electron chi connectivity index (χ0n) is 19.0. The van der Waals surface area contributed by atoms with Gasteiger partial charge in [0, 0.05) is 31.5 Å². The van der Waals surface area contributed by atoms with Crippen molar-refractivity contribution in [3.05, 3.63) is 24.5 Å². The Kier molecular flexibility index (Phi) is 5.48. The van der Waals surface area contributed by atoms with Crippen LogP contribution in [0.1, 0.15) is 51.8 Å². The molecule has 9 nitrogen and oxygen atoms in total. The van der Waals surface area contributed by atoms with Crippen LogP contribution in [-0.2, 0) is 11.3 Å². The van der Waals surface area contributed by atoms with Crippen molar-refractivity contribution < 1.29 is 4.79 Å². The maximum atomic E-state index is 13.4. The van der Waals surface area contributed by atoms with Gasteiger partial charge in [-0.2, -0.15) is 0 Å². The van der Waals surface area contributed by atoms with Crippen molar-refractivity contribution in [1.29, 1.82) is 0 Å². The topological polar surface area (TPSA) is 102 Å². The van der Waals surface area contributed by atoms with Gasteiger partial charge in [0.15, 0.2) is 17.0 Å². The van der Waals surface area contributed by atoms with Gasteiger partial charge in [-0.3, -0.25) is 4.79 Å². The van der Waals surface area contributed by atoms with Gasteiger partial charge in [0.1, 0.15) is 24.0 Å². The van der Waals surface area contributed by atoms with Gasteiger partial charge >= 0.3 is 0 Å². The van der Waals surface area contributed by atoms with Crippen LogP contribution in [0.2, 0.25) is 0 Å². The molecule has 1 aliphatic heterocycles. The lowest BCUT2D eigenvalue weighted by Crippen LogP contribution is -2.45. The molecular formula is C23H30N8O. The SMILES string of the molecule is CC[C@H](Nc1ncnc2c1nc(-c1cnc(C)nc1)n2CC)C(=O)N1CCC[C@H]1C1CC1. The first-order valence-electron chi connectivity index (χ1n) is 11.7. The lowest BCUT2D eigenvalue weighted by molar-refractivity contribution is -0.133. The molecule has 1 saturated heterocycles. The van der Waals surface area contributed by atoms with Gasteiger partial charge in [0.05, 0.1) is 5.56 Å². The molecule has 1 aliphatic carbocycles. The fourth-order valence-electron chi connectivity index (χ4n) is 4.81. The number of carbonyl (C=O) groups is 1. The summed E-state index contributed by atoms with van der Waals surface area (Å²) in [5.41, 5.74) is 2.23. The van der Waals surface area contributed by atoms with E-state index in [0.717, 1.165) is 36.4 Å². The molecule has 0 aromatic carbocycles. The molecular weight excluding hydrogens is 404 g/mol. The second kappa shape index (κ2) is 8.44. The van der Waals surface area contributed by atoms with Crippen molar-refractivity contribution in [3.8, 4) is 11.4 Å². The van der Waals surface area contributed by atoms with Gasteiger partial charge in [0.2, 0.25) is 5.91 Å². The summed E-state index contributed by atoms with van der Waals surface area (Å²) in [4.78, 5) is 38.0. The highest BCUT2D eigenvalue weighted by Crippen LogP contribution is 2.40. The predicted molar refractivity (Wildman–Crippen MR) is 122 cm³/mol. The van der Waals surface area contributed by atoms with Crippen LogP contribution in [0.4, 0.5) is 5.82 Å². The minimum absolute atomic E-state index is 0.177.